The molecule has 1 amide bonds. The second-order valence-corrected chi connectivity index (χ2v) is 7.68. The Morgan fingerprint density at radius 3 is 2.90 bits per heavy atom. The van der Waals surface area contributed by atoms with E-state index < -0.39 is 0 Å². The van der Waals surface area contributed by atoms with Crippen molar-refractivity contribution in [2.75, 3.05) is 6.54 Å². The van der Waals surface area contributed by atoms with E-state index in [1.807, 2.05) is 18.2 Å². The molecule has 0 radical (unpaired) electrons. The van der Waals surface area contributed by atoms with Crippen LogP contribution in [-0.2, 0) is 24.4 Å². The highest BCUT2D eigenvalue weighted by molar-refractivity contribution is 5.75. The fourth-order valence-electron chi connectivity index (χ4n) is 3.76. The summed E-state index contributed by atoms with van der Waals surface area (Å²) in [5.74, 6) is 1.03. The number of tetrazole rings is 1. The van der Waals surface area contributed by atoms with Crippen molar-refractivity contribution >= 4 is 5.91 Å². The molecule has 1 aliphatic rings. The molecule has 2 N–H and O–H groups in total. The molecule has 3 aromatic rings. The van der Waals surface area contributed by atoms with Crippen LogP contribution >= 0.6 is 0 Å². The van der Waals surface area contributed by atoms with Crippen LogP contribution in [-0.4, -0.2) is 38.7 Å². The number of likely N-dealkylation sites (tertiary alicyclic amines) is 1. The molecular weight excluding hydrogens is 368 g/mol. The first kappa shape index (κ1) is 19.3. The van der Waals surface area contributed by atoms with Crippen molar-refractivity contribution in [3.63, 3.8) is 0 Å². The van der Waals surface area contributed by atoms with Crippen LogP contribution in [0.2, 0.25) is 0 Å². The number of nitrogens with zero attached hydrogens (tertiary/aromatic N) is 4. The summed E-state index contributed by atoms with van der Waals surface area (Å²) >= 11 is 0. The first-order valence-corrected chi connectivity index (χ1v) is 10.2. The normalized spacial score (nSPS) is 19.2. The molecular formula is C21H27N6O2+. The molecule has 8 nitrogen and oxygen atoms in total. The quantitative estimate of drug-likeness (QED) is 0.628. The van der Waals surface area contributed by atoms with E-state index in [1.54, 1.807) is 17.2 Å². The van der Waals surface area contributed by atoms with Crippen LogP contribution in [0, 0.1) is 0 Å². The number of carbonyl (C=O) groups excluding carboxylic acids is 1. The molecule has 0 aliphatic carbocycles. The van der Waals surface area contributed by atoms with Gasteiger partial charge in [0.2, 0.25) is 11.7 Å². The summed E-state index contributed by atoms with van der Waals surface area (Å²) in [7, 11) is 0. The summed E-state index contributed by atoms with van der Waals surface area (Å²) in [4.78, 5) is 15.0. The van der Waals surface area contributed by atoms with Gasteiger partial charge in [-0.1, -0.05) is 24.3 Å². The molecule has 2 atom stereocenters. The Hall–Kier alpha value is -3.00. The average Bonchev–Trinajstić information content (AvgIpc) is 3.41. The fraction of sp³-hybridized carbons (Fsp3) is 0.429. The van der Waals surface area contributed by atoms with Gasteiger partial charge in [-0.2, -0.15) is 4.80 Å². The summed E-state index contributed by atoms with van der Waals surface area (Å²) < 4.78 is 5.19. The number of carbonyl (C=O) groups is 1. The van der Waals surface area contributed by atoms with Gasteiger partial charge in [-0.3, -0.25) is 4.79 Å². The molecule has 1 fully saturated rings. The van der Waals surface area contributed by atoms with Gasteiger partial charge in [0.05, 0.1) is 25.4 Å². The SMILES string of the molecule is C[C@H]1CCCC[NH+]1Cc1ccc(-c2nnn(CC(=O)NCc3ccco3)n2)cc1. The first-order chi connectivity index (χ1) is 14.2. The van der Waals surface area contributed by atoms with Crippen LogP contribution < -0.4 is 10.2 Å². The van der Waals surface area contributed by atoms with Crippen LogP contribution in [0.5, 0.6) is 0 Å². The monoisotopic (exact) mass is 395 g/mol. The van der Waals surface area contributed by atoms with Gasteiger partial charge in [0, 0.05) is 11.1 Å². The third kappa shape index (κ3) is 5.08. The molecule has 1 aromatic carbocycles. The Kier molecular flexibility index (Phi) is 6.00. The van der Waals surface area contributed by atoms with Crippen molar-refractivity contribution in [2.45, 2.75) is 51.9 Å². The Morgan fingerprint density at radius 1 is 1.28 bits per heavy atom. The van der Waals surface area contributed by atoms with E-state index in [0.717, 1.165) is 18.2 Å². The summed E-state index contributed by atoms with van der Waals surface area (Å²) in [6.45, 7) is 5.00. The highest BCUT2D eigenvalue weighted by Crippen LogP contribution is 2.14. The largest absolute Gasteiger partial charge is 0.467 e. The molecule has 152 valence electrons. The Balaban J connectivity index is 1.32. The van der Waals surface area contributed by atoms with E-state index in [0.29, 0.717) is 18.1 Å². The molecule has 8 heteroatoms. The van der Waals surface area contributed by atoms with Gasteiger partial charge < -0.3 is 14.6 Å². The molecule has 4 rings (SSSR count). The molecule has 1 aliphatic heterocycles. The Bertz CT molecular complexity index is 919. The van der Waals surface area contributed by atoms with E-state index in [2.05, 4.69) is 39.8 Å². The lowest BCUT2D eigenvalue weighted by Crippen LogP contribution is -3.14. The minimum absolute atomic E-state index is 0.0159. The molecule has 1 saturated heterocycles. The lowest BCUT2D eigenvalue weighted by Gasteiger charge is -2.30. The number of hydrogen-bond donors (Lipinski definition) is 2. The molecule has 29 heavy (non-hydrogen) atoms. The molecule has 0 spiro atoms. The zero-order chi connectivity index (χ0) is 20.1. The lowest BCUT2D eigenvalue weighted by atomic mass is 10.0. The van der Waals surface area contributed by atoms with Gasteiger partial charge in [0.1, 0.15) is 18.8 Å². The van der Waals surface area contributed by atoms with Crippen molar-refractivity contribution in [3.05, 3.63) is 54.0 Å². The number of nitrogens with one attached hydrogen (secondary N) is 2. The second kappa shape index (κ2) is 9.00. The van der Waals surface area contributed by atoms with Crippen LogP contribution in [0.3, 0.4) is 0 Å². The fourth-order valence-corrected chi connectivity index (χ4v) is 3.76. The van der Waals surface area contributed by atoms with Crippen molar-refractivity contribution in [1.82, 2.24) is 25.5 Å². The highest BCUT2D eigenvalue weighted by atomic mass is 16.3. The standard InChI is InChI=1S/C21H26N6O2/c1-16-5-2-3-11-26(16)14-17-7-9-18(10-8-17)21-23-25-27(24-21)15-20(28)22-13-19-6-4-12-29-19/h4,6-10,12,16H,2-3,5,11,13-15H2,1H3,(H,22,28)/p+1/t16-/m0/s1. The Morgan fingerprint density at radius 2 is 2.14 bits per heavy atom. The zero-order valence-corrected chi connectivity index (χ0v) is 16.7. The number of benzene rings is 1. The van der Waals surface area contributed by atoms with Crippen LogP contribution in [0.1, 0.15) is 37.5 Å². The first-order valence-electron chi connectivity index (χ1n) is 10.2. The van der Waals surface area contributed by atoms with Crippen LogP contribution in [0.25, 0.3) is 11.4 Å². The van der Waals surface area contributed by atoms with E-state index in [-0.39, 0.29) is 12.5 Å². The van der Waals surface area contributed by atoms with E-state index in [1.165, 1.54) is 36.2 Å². The lowest BCUT2D eigenvalue weighted by molar-refractivity contribution is -0.941. The topological polar surface area (TPSA) is 90.3 Å². The molecule has 0 bridgehead atoms. The van der Waals surface area contributed by atoms with Crippen molar-refractivity contribution < 1.29 is 14.1 Å². The van der Waals surface area contributed by atoms with E-state index in [9.17, 15) is 4.79 Å². The van der Waals surface area contributed by atoms with Crippen LogP contribution in [0.4, 0.5) is 0 Å². The number of aromatic nitrogens is 4. The number of piperidine rings is 1. The predicted molar refractivity (Wildman–Crippen MR) is 107 cm³/mol. The van der Waals surface area contributed by atoms with Crippen molar-refractivity contribution in [1.29, 1.82) is 0 Å². The highest BCUT2D eigenvalue weighted by Gasteiger charge is 2.21. The van der Waals surface area contributed by atoms with Gasteiger partial charge in [-0.25, -0.2) is 0 Å². The van der Waals surface area contributed by atoms with E-state index >= 15 is 0 Å². The minimum atomic E-state index is -0.195. The van der Waals surface area contributed by atoms with Gasteiger partial charge in [-0.05, 0) is 43.5 Å². The summed E-state index contributed by atoms with van der Waals surface area (Å²) in [6, 6.07) is 12.7. The number of amides is 1. The van der Waals surface area contributed by atoms with Crippen LogP contribution in [0.15, 0.2) is 47.1 Å². The maximum Gasteiger partial charge on any atom is 0.244 e. The molecule has 2 aromatic heterocycles. The maximum atomic E-state index is 12.0. The predicted octanol–water partition coefficient (Wildman–Crippen LogP) is 1.21. The van der Waals surface area contributed by atoms with Crippen molar-refractivity contribution in [3.8, 4) is 11.4 Å². The number of furan rings is 1. The van der Waals surface area contributed by atoms with Gasteiger partial charge in [0.15, 0.2) is 0 Å². The van der Waals surface area contributed by atoms with Crippen molar-refractivity contribution in [2.24, 2.45) is 0 Å². The summed E-state index contributed by atoms with van der Waals surface area (Å²) in [6.07, 6.45) is 5.56. The minimum Gasteiger partial charge on any atom is -0.467 e. The Labute approximate surface area is 169 Å². The average molecular weight is 395 g/mol. The molecule has 1 unspecified atom stereocenters. The third-order valence-corrected chi connectivity index (χ3v) is 5.50. The summed E-state index contributed by atoms with van der Waals surface area (Å²) in [5.41, 5.74) is 2.22. The number of rotatable bonds is 7. The summed E-state index contributed by atoms with van der Waals surface area (Å²) in [5, 5.41) is 15.2. The van der Waals surface area contributed by atoms with E-state index in [4.69, 9.17) is 4.42 Å². The molecule has 0 saturated carbocycles. The maximum absolute atomic E-state index is 12.0. The smallest absolute Gasteiger partial charge is 0.244 e. The number of hydrogen-bond acceptors (Lipinski definition) is 5. The second-order valence-electron chi connectivity index (χ2n) is 7.68. The van der Waals surface area contributed by atoms with Gasteiger partial charge >= 0.3 is 0 Å². The zero-order valence-electron chi connectivity index (χ0n) is 16.7. The van der Waals surface area contributed by atoms with Gasteiger partial charge in [-0.15, -0.1) is 10.2 Å². The van der Waals surface area contributed by atoms with Gasteiger partial charge in [0.25, 0.3) is 0 Å². The molecule has 3 heterocycles. The number of quaternary nitrogens is 1. The third-order valence-electron chi connectivity index (χ3n) is 5.50.